The number of carbonyl (C=O) groups is 1. The highest BCUT2D eigenvalue weighted by molar-refractivity contribution is 5.93. The molecule has 0 bridgehead atoms. The van der Waals surface area contributed by atoms with Gasteiger partial charge in [0, 0.05) is 32.0 Å². The van der Waals surface area contributed by atoms with Crippen LogP contribution in [0.15, 0.2) is 12.1 Å². The molecule has 11 heteroatoms. The van der Waals surface area contributed by atoms with Crippen LogP contribution in [0, 0.1) is 6.92 Å². The van der Waals surface area contributed by atoms with Crippen molar-refractivity contribution in [2.75, 3.05) is 20.3 Å². The van der Waals surface area contributed by atoms with E-state index in [0.717, 1.165) is 6.07 Å². The Balaban J connectivity index is 2.40. The Morgan fingerprint density at radius 2 is 1.96 bits per heavy atom. The highest BCUT2D eigenvalue weighted by atomic mass is 19.4. The summed E-state index contributed by atoms with van der Waals surface area (Å²) in [6.45, 7) is 1.90. The Morgan fingerprint density at radius 3 is 2.56 bits per heavy atom. The van der Waals surface area contributed by atoms with Gasteiger partial charge in [0.05, 0.1) is 0 Å². The Kier molecular flexibility index (Phi) is 5.26. The number of ether oxygens (including phenoxy) is 1. The smallest absolute Gasteiger partial charge is 0.385 e. The van der Waals surface area contributed by atoms with E-state index in [2.05, 4.69) is 15.4 Å². The normalized spacial score (nSPS) is 12.6. The average Bonchev–Trinajstić information content (AvgIpc) is 2.93. The fourth-order valence-electron chi connectivity index (χ4n) is 2.09. The zero-order valence-corrected chi connectivity index (χ0v) is 13.3. The van der Waals surface area contributed by atoms with Gasteiger partial charge in [-0.2, -0.15) is 27.1 Å². The van der Waals surface area contributed by atoms with E-state index in [4.69, 9.17) is 4.74 Å². The number of fused-ring (bicyclic) bond motifs is 1. The summed E-state index contributed by atoms with van der Waals surface area (Å²) < 4.78 is 70.7. The van der Waals surface area contributed by atoms with Crippen LogP contribution in [0.5, 0.6) is 0 Å². The van der Waals surface area contributed by atoms with Crippen LogP contribution in [0.4, 0.5) is 22.0 Å². The molecule has 6 nitrogen and oxygen atoms in total. The van der Waals surface area contributed by atoms with E-state index in [1.807, 2.05) is 0 Å². The molecule has 1 N–H and O–H groups in total. The predicted octanol–water partition coefficient (Wildman–Crippen LogP) is 2.46. The van der Waals surface area contributed by atoms with Crippen LogP contribution in [0.1, 0.15) is 28.3 Å². The highest BCUT2D eigenvalue weighted by Crippen LogP contribution is 2.43. The molecule has 0 aromatic carbocycles. The van der Waals surface area contributed by atoms with E-state index < -0.39 is 23.7 Å². The molecule has 25 heavy (non-hydrogen) atoms. The number of halogens is 5. The molecule has 0 aliphatic heterocycles. The summed E-state index contributed by atoms with van der Waals surface area (Å²) in [6, 6.07) is 1.64. The Hall–Kier alpha value is -2.30. The number of rotatable bonds is 6. The van der Waals surface area contributed by atoms with Crippen molar-refractivity contribution in [3.63, 3.8) is 0 Å². The van der Waals surface area contributed by atoms with Crippen molar-refractivity contribution in [3.05, 3.63) is 29.2 Å². The minimum atomic E-state index is -5.80. The van der Waals surface area contributed by atoms with E-state index >= 15 is 0 Å². The zero-order valence-electron chi connectivity index (χ0n) is 13.3. The Bertz CT molecular complexity index is 772. The number of hydrogen-bond acceptors (Lipinski definition) is 4. The summed E-state index contributed by atoms with van der Waals surface area (Å²) in [7, 11) is 1.49. The standard InChI is InChI=1S/C14H15F5N4O2/c1-8-6-10(13(15,16)14(17,18)19)23-11(21-8)7-9(22-23)12(24)20-4-3-5-25-2/h6-7H,3-5H2,1-2H3,(H,20,24). The van der Waals surface area contributed by atoms with Crippen molar-refractivity contribution in [2.45, 2.75) is 25.4 Å². The largest absolute Gasteiger partial charge is 0.459 e. The molecule has 2 heterocycles. The molecule has 0 atom stereocenters. The number of amides is 1. The molecule has 0 radical (unpaired) electrons. The summed E-state index contributed by atoms with van der Waals surface area (Å²) in [6.07, 6.45) is -5.30. The summed E-state index contributed by atoms with van der Waals surface area (Å²) in [5, 5.41) is 6.03. The molecule has 0 unspecified atom stereocenters. The van der Waals surface area contributed by atoms with Crippen LogP contribution >= 0.6 is 0 Å². The summed E-state index contributed by atoms with van der Waals surface area (Å²) in [4.78, 5) is 15.8. The number of aromatic nitrogens is 3. The van der Waals surface area contributed by atoms with Crippen LogP contribution in [-0.4, -0.2) is 46.9 Å². The molecular formula is C14H15F5N4O2. The maximum absolute atomic E-state index is 13.7. The SMILES string of the molecule is COCCCNC(=O)c1cc2nc(C)cc(C(F)(F)C(F)(F)F)n2n1. The maximum atomic E-state index is 13.7. The topological polar surface area (TPSA) is 68.5 Å². The van der Waals surface area contributed by atoms with E-state index in [0.29, 0.717) is 23.6 Å². The summed E-state index contributed by atoms with van der Waals surface area (Å²) in [5.41, 5.74) is -2.05. The van der Waals surface area contributed by atoms with Gasteiger partial charge in [-0.3, -0.25) is 4.79 Å². The van der Waals surface area contributed by atoms with Gasteiger partial charge in [0.15, 0.2) is 11.3 Å². The molecule has 0 spiro atoms. The third kappa shape index (κ3) is 3.86. The van der Waals surface area contributed by atoms with Gasteiger partial charge < -0.3 is 10.1 Å². The Morgan fingerprint density at radius 1 is 1.28 bits per heavy atom. The first-order valence-corrected chi connectivity index (χ1v) is 7.17. The third-order valence-electron chi connectivity index (χ3n) is 3.28. The number of alkyl halides is 5. The van der Waals surface area contributed by atoms with Crippen LogP contribution in [0.3, 0.4) is 0 Å². The molecular weight excluding hydrogens is 351 g/mol. The first kappa shape index (κ1) is 19.0. The fraction of sp³-hybridized carbons (Fsp3) is 0.500. The van der Waals surface area contributed by atoms with Gasteiger partial charge in [-0.1, -0.05) is 0 Å². The molecule has 2 aromatic heterocycles. The highest BCUT2D eigenvalue weighted by Gasteiger charge is 2.60. The number of nitrogens with one attached hydrogen (secondary N) is 1. The number of hydrogen-bond donors (Lipinski definition) is 1. The summed E-state index contributed by atoms with van der Waals surface area (Å²) >= 11 is 0. The van der Waals surface area contributed by atoms with Crippen molar-refractivity contribution >= 4 is 11.6 Å². The van der Waals surface area contributed by atoms with Gasteiger partial charge in [-0.15, -0.1) is 0 Å². The second-order valence-electron chi connectivity index (χ2n) is 5.26. The van der Waals surface area contributed by atoms with E-state index in [9.17, 15) is 26.7 Å². The molecule has 138 valence electrons. The number of carbonyl (C=O) groups excluding carboxylic acids is 1. The second-order valence-corrected chi connectivity index (χ2v) is 5.26. The molecule has 0 aliphatic carbocycles. The first-order chi connectivity index (χ1) is 11.6. The zero-order chi connectivity index (χ0) is 18.8. The van der Waals surface area contributed by atoms with E-state index in [1.54, 1.807) is 0 Å². The first-order valence-electron chi connectivity index (χ1n) is 7.17. The quantitative estimate of drug-likeness (QED) is 0.630. The van der Waals surface area contributed by atoms with Crippen LogP contribution in [-0.2, 0) is 10.7 Å². The van der Waals surface area contributed by atoms with Gasteiger partial charge in [-0.25, -0.2) is 9.50 Å². The van der Waals surface area contributed by atoms with E-state index in [-0.39, 0.29) is 23.6 Å². The minimum Gasteiger partial charge on any atom is -0.385 e. The van der Waals surface area contributed by atoms with Gasteiger partial charge in [0.2, 0.25) is 0 Å². The monoisotopic (exact) mass is 366 g/mol. The summed E-state index contributed by atoms with van der Waals surface area (Å²) in [5.74, 6) is -5.85. The van der Waals surface area contributed by atoms with Gasteiger partial charge in [-0.05, 0) is 19.4 Å². The van der Waals surface area contributed by atoms with Crippen LogP contribution < -0.4 is 5.32 Å². The molecule has 0 aliphatic rings. The van der Waals surface area contributed by atoms with Crippen molar-refractivity contribution in [3.8, 4) is 0 Å². The van der Waals surface area contributed by atoms with Crippen LogP contribution in [0.25, 0.3) is 5.65 Å². The molecule has 1 amide bonds. The van der Waals surface area contributed by atoms with Crippen molar-refractivity contribution in [1.82, 2.24) is 19.9 Å². The van der Waals surface area contributed by atoms with Crippen LogP contribution in [0.2, 0.25) is 0 Å². The van der Waals surface area contributed by atoms with E-state index in [1.165, 1.54) is 14.0 Å². The lowest BCUT2D eigenvalue weighted by Crippen LogP contribution is -2.36. The number of nitrogens with zero attached hydrogens (tertiary/aromatic N) is 3. The second kappa shape index (κ2) is 6.90. The van der Waals surface area contributed by atoms with Crippen molar-refractivity contribution in [1.29, 1.82) is 0 Å². The predicted molar refractivity (Wildman–Crippen MR) is 76.5 cm³/mol. The van der Waals surface area contributed by atoms with Crippen molar-refractivity contribution < 1.29 is 31.5 Å². The average molecular weight is 366 g/mol. The fourth-order valence-corrected chi connectivity index (χ4v) is 2.09. The molecule has 2 rings (SSSR count). The lowest BCUT2D eigenvalue weighted by atomic mass is 10.2. The Labute approximate surface area is 139 Å². The molecule has 0 saturated heterocycles. The van der Waals surface area contributed by atoms with Gasteiger partial charge in [0.1, 0.15) is 5.69 Å². The van der Waals surface area contributed by atoms with Gasteiger partial charge >= 0.3 is 12.1 Å². The van der Waals surface area contributed by atoms with Gasteiger partial charge in [0.25, 0.3) is 5.91 Å². The molecule has 0 fully saturated rings. The number of methoxy groups -OCH3 is 1. The minimum absolute atomic E-state index is 0.0571. The van der Waals surface area contributed by atoms with Crippen molar-refractivity contribution in [2.24, 2.45) is 0 Å². The molecule has 0 saturated carbocycles. The number of aryl methyl sites for hydroxylation is 1. The molecule has 2 aromatic rings. The maximum Gasteiger partial charge on any atom is 0.459 e. The lowest BCUT2D eigenvalue weighted by molar-refractivity contribution is -0.291. The third-order valence-corrected chi connectivity index (χ3v) is 3.28. The lowest BCUT2D eigenvalue weighted by Gasteiger charge is -2.20.